The first-order valence-electron chi connectivity index (χ1n) is 7.28. The molecule has 0 unspecified atom stereocenters. The van der Waals surface area contributed by atoms with Crippen molar-refractivity contribution in [3.05, 3.63) is 24.3 Å². The van der Waals surface area contributed by atoms with Gasteiger partial charge in [0.2, 0.25) is 0 Å². The van der Waals surface area contributed by atoms with Crippen molar-refractivity contribution in [2.45, 2.75) is 24.4 Å². The van der Waals surface area contributed by atoms with Crippen LogP contribution in [0, 0.1) is 0 Å². The minimum atomic E-state index is -1.28. The summed E-state index contributed by atoms with van der Waals surface area (Å²) in [6.45, 7) is -0.690. The zero-order chi connectivity index (χ0) is 18.4. The largest absolute Gasteiger partial charge is 0.478 e. The van der Waals surface area contributed by atoms with Gasteiger partial charge in [0.1, 0.15) is 18.8 Å². The van der Waals surface area contributed by atoms with E-state index in [1.54, 1.807) is 0 Å². The van der Waals surface area contributed by atoms with Gasteiger partial charge in [-0.2, -0.15) is 0 Å². The maximum absolute atomic E-state index is 11.6. The molecule has 0 aromatic carbocycles. The molecule has 2 saturated heterocycles. The highest BCUT2D eigenvalue weighted by atomic mass is 16.7. The van der Waals surface area contributed by atoms with E-state index in [1.807, 2.05) is 0 Å². The van der Waals surface area contributed by atoms with Crippen molar-refractivity contribution in [2.75, 3.05) is 19.8 Å². The number of carbonyl (C=O) groups excluding carboxylic acids is 3. The van der Waals surface area contributed by atoms with E-state index in [9.17, 15) is 19.2 Å². The predicted molar refractivity (Wildman–Crippen MR) is 77.2 cm³/mol. The molecule has 2 N–H and O–H groups in total. The summed E-state index contributed by atoms with van der Waals surface area (Å²) in [5.74, 6) is -3.58. The second kappa shape index (κ2) is 8.51. The number of aliphatic hydroxyl groups is 1. The second-order valence-corrected chi connectivity index (χ2v) is 5.18. The molecule has 4 atom stereocenters. The van der Waals surface area contributed by atoms with Crippen LogP contribution in [0.1, 0.15) is 0 Å². The van der Waals surface area contributed by atoms with Crippen LogP contribution < -0.4 is 0 Å². The summed E-state index contributed by atoms with van der Waals surface area (Å²) in [5.41, 5.74) is 0. The SMILES string of the molecule is O=C(O)/C=C\C(=O)O[C@@H]1CO[C@H]2[C@@H]1OC[C@H]2OC(=O)/C=C\C(=O)CO. The van der Waals surface area contributed by atoms with Gasteiger partial charge in [-0.3, -0.25) is 4.79 Å². The average Bonchev–Trinajstić information content (AvgIpc) is 3.14. The fourth-order valence-corrected chi connectivity index (χ4v) is 2.36. The molecule has 2 heterocycles. The third kappa shape index (κ3) is 5.21. The monoisotopic (exact) mass is 356 g/mol. The van der Waals surface area contributed by atoms with E-state index < -0.39 is 54.7 Å². The minimum Gasteiger partial charge on any atom is -0.478 e. The first-order chi connectivity index (χ1) is 11.9. The van der Waals surface area contributed by atoms with E-state index in [1.165, 1.54) is 0 Å². The molecule has 0 spiro atoms. The lowest BCUT2D eigenvalue weighted by Gasteiger charge is -2.16. The van der Waals surface area contributed by atoms with Crippen molar-refractivity contribution in [1.82, 2.24) is 0 Å². The van der Waals surface area contributed by atoms with Crippen LogP contribution in [0.25, 0.3) is 0 Å². The van der Waals surface area contributed by atoms with E-state index in [0.717, 1.165) is 18.2 Å². The van der Waals surface area contributed by atoms with Gasteiger partial charge in [-0.05, 0) is 6.08 Å². The first kappa shape index (κ1) is 18.8. The van der Waals surface area contributed by atoms with Crippen LogP contribution in [0.3, 0.4) is 0 Å². The van der Waals surface area contributed by atoms with Crippen LogP contribution in [0.2, 0.25) is 0 Å². The van der Waals surface area contributed by atoms with Crippen molar-refractivity contribution in [3.8, 4) is 0 Å². The zero-order valence-electron chi connectivity index (χ0n) is 12.9. The number of rotatable bonds is 7. The normalized spacial score (nSPS) is 28.2. The molecule has 136 valence electrons. The van der Waals surface area contributed by atoms with Crippen molar-refractivity contribution in [3.63, 3.8) is 0 Å². The lowest BCUT2D eigenvalue weighted by Crippen LogP contribution is -2.35. The number of esters is 2. The predicted octanol–water partition coefficient (Wildman–Crippen LogP) is -1.63. The maximum Gasteiger partial charge on any atom is 0.331 e. The van der Waals surface area contributed by atoms with Gasteiger partial charge in [-0.25, -0.2) is 14.4 Å². The lowest BCUT2D eigenvalue weighted by molar-refractivity contribution is -0.149. The molecule has 0 amide bonds. The summed E-state index contributed by atoms with van der Waals surface area (Å²) in [5, 5.41) is 17.0. The molecule has 2 aliphatic rings. The van der Waals surface area contributed by atoms with E-state index in [2.05, 4.69) is 0 Å². The highest BCUT2D eigenvalue weighted by Crippen LogP contribution is 2.30. The summed E-state index contributed by atoms with van der Waals surface area (Å²) in [6.07, 6.45) is 0.395. The molecule has 10 heteroatoms. The van der Waals surface area contributed by atoms with Crippen LogP contribution in [-0.4, -0.2) is 78.1 Å². The molecule has 0 bridgehead atoms. The van der Waals surface area contributed by atoms with Gasteiger partial charge in [-0.15, -0.1) is 0 Å². The van der Waals surface area contributed by atoms with Crippen molar-refractivity contribution in [1.29, 1.82) is 0 Å². The molecule has 0 aliphatic carbocycles. The fourth-order valence-electron chi connectivity index (χ4n) is 2.36. The molecule has 2 fully saturated rings. The molecule has 0 aromatic heterocycles. The van der Waals surface area contributed by atoms with Gasteiger partial charge in [0.15, 0.2) is 18.0 Å². The van der Waals surface area contributed by atoms with Crippen LogP contribution in [0.15, 0.2) is 24.3 Å². The summed E-state index contributed by atoms with van der Waals surface area (Å²) in [4.78, 5) is 44.4. The van der Waals surface area contributed by atoms with Crippen LogP contribution in [0.4, 0.5) is 0 Å². The number of ether oxygens (including phenoxy) is 4. The first-order valence-corrected chi connectivity index (χ1v) is 7.28. The van der Waals surface area contributed by atoms with E-state index in [0.29, 0.717) is 6.08 Å². The number of fused-ring (bicyclic) bond motifs is 1. The Labute approximate surface area is 141 Å². The Bertz CT molecular complexity index is 607. The van der Waals surface area contributed by atoms with E-state index in [-0.39, 0.29) is 13.2 Å². The molecular weight excluding hydrogens is 340 g/mol. The smallest absolute Gasteiger partial charge is 0.331 e. The Hall–Kier alpha value is -2.56. The molecule has 25 heavy (non-hydrogen) atoms. The number of hydrogen-bond acceptors (Lipinski definition) is 9. The van der Waals surface area contributed by atoms with Crippen molar-refractivity contribution >= 4 is 23.7 Å². The standard InChI is InChI=1S/C15H16O10/c16-5-8(17)1-3-12(20)24-9-6-22-15-10(7-23-14(9)15)25-13(21)4-2-11(18)19/h1-4,9-10,14-16H,5-7H2,(H,18,19)/b3-1-,4-2-/t9-,10-,14-,15-/m1/s1. The van der Waals surface area contributed by atoms with Gasteiger partial charge in [0.25, 0.3) is 0 Å². The Morgan fingerprint density at radius 2 is 1.36 bits per heavy atom. The minimum absolute atomic E-state index is 0.00880. The average molecular weight is 356 g/mol. The summed E-state index contributed by atoms with van der Waals surface area (Å²) >= 11 is 0. The zero-order valence-corrected chi connectivity index (χ0v) is 12.9. The summed E-state index contributed by atoms with van der Waals surface area (Å²) in [6, 6.07) is 0. The summed E-state index contributed by atoms with van der Waals surface area (Å²) in [7, 11) is 0. The Balaban J connectivity index is 1.86. The highest BCUT2D eigenvalue weighted by molar-refractivity contribution is 5.96. The molecule has 0 aromatic rings. The van der Waals surface area contributed by atoms with E-state index >= 15 is 0 Å². The quantitative estimate of drug-likeness (QED) is 0.402. The van der Waals surface area contributed by atoms with Crippen LogP contribution >= 0.6 is 0 Å². The third-order valence-electron chi connectivity index (χ3n) is 3.42. The Morgan fingerprint density at radius 3 is 1.80 bits per heavy atom. The number of carboxylic acids is 1. The van der Waals surface area contributed by atoms with Gasteiger partial charge in [0, 0.05) is 18.2 Å². The van der Waals surface area contributed by atoms with Gasteiger partial charge >= 0.3 is 17.9 Å². The van der Waals surface area contributed by atoms with Gasteiger partial charge < -0.3 is 29.2 Å². The van der Waals surface area contributed by atoms with Crippen LogP contribution in [0.5, 0.6) is 0 Å². The molecule has 0 saturated carbocycles. The van der Waals surface area contributed by atoms with Gasteiger partial charge in [-0.1, -0.05) is 0 Å². The van der Waals surface area contributed by atoms with Crippen molar-refractivity contribution in [2.24, 2.45) is 0 Å². The topological polar surface area (TPSA) is 146 Å². The van der Waals surface area contributed by atoms with Crippen LogP contribution in [-0.2, 0) is 38.1 Å². The number of ketones is 1. The number of aliphatic hydroxyl groups excluding tert-OH is 1. The Kier molecular flexibility index (Phi) is 6.39. The summed E-state index contributed by atoms with van der Waals surface area (Å²) < 4.78 is 21.0. The lowest BCUT2D eigenvalue weighted by atomic mass is 10.1. The second-order valence-electron chi connectivity index (χ2n) is 5.18. The molecule has 2 rings (SSSR count). The van der Waals surface area contributed by atoms with Crippen molar-refractivity contribution < 1.29 is 48.3 Å². The highest BCUT2D eigenvalue weighted by Gasteiger charge is 2.50. The number of carbonyl (C=O) groups is 4. The Morgan fingerprint density at radius 1 is 0.880 bits per heavy atom. The van der Waals surface area contributed by atoms with Gasteiger partial charge in [0.05, 0.1) is 13.2 Å². The third-order valence-corrected chi connectivity index (χ3v) is 3.42. The van der Waals surface area contributed by atoms with E-state index in [4.69, 9.17) is 29.2 Å². The molecule has 2 aliphatic heterocycles. The fraction of sp³-hybridized carbons (Fsp3) is 0.467. The molecular formula is C15H16O10. The molecule has 10 nitrogen and oxygen atoms in total. The molecule has 0 radical (unpaired) electrons. The number of hydrogen-bond donors (Lipinski definition) is 2. The maximum atomic E-state index is 11.6. The number of carboxylic acid groups (broad SMARTS) is 1. The number of aliphatic carboxylic acids is 1.